The van der Waals surface area contributed by atoms with Crippen LogP contribution in [0.3, 0.4) is 0 Å². The molecule has 1 nitrogen and oxygen atoms in total. The van der Waals surface area contributed by atoms with Gasteiger partial charge in [-0.3, -0.25) is 0 Å². The van der Waals surface area contributed by atoms with Gasteiger partial charge in [-0.2, -0.15) is 0 Å². The van der Waals surface area contributed by atoms with E-state index in [-0.39, 0.29) is 0 Å². The number of hydrogen-bond acceptors (Lipinski definition) is 1. The van der Waals surface area contributed by atoms with Crippen molar-refractivity contribution in [3.05, 3.63) is 0 Å². The van der Waals surface area contributed by atoms with Crippen molar-refractivity contribution < 1.29 is 0 Å². The fraction of sp³-hybridized carbons (Fsp3) is 1.00. The summed E-state index contributed by atoms with van der Waals surface area (Å²) in [5.74, 6) is 2.87. The zero-order valence-electron chi connectivity index (χ0n) is 10.9. The van der Waals surface area contributed by atoms with Crippen LogP contribution in [0.25, 0.3) is 0 Å². The molecule has 1 heteroatoms. The minimum atomic E-state index is 0.886. The van der Waals surface area contributed by atoms with E-state index >= 15 is 0 Å². The predicted octanol–water partition coefficient (Wildman–Crippen LogP) is 3.84. The van der Waals surface area contributed by atoms with Crippen LogP contribution in [0.1, 0.15) is 58.8 Å². The van der Waals surface area contributed by atoms with Crippen molar-refractivity contribution in [1.82, 2.24) is 5.32 Å². The van der Waals surface area contributed by atoms with Crippen LogP contribution in [0, 0.1) is 17.8 Å². The second-order valence-electron chi connectivity index (χ2n) is 5.69. The summed E-state index contributed by atoms with van der Waals surface area (Å²) < 4.78 is 0. The molecule has 0 spiro atoms. The Kier molecular flexibility index (Phi) is 6.31. The van der Waals surface area contributed by atoms with Gasteiger partial charge in [0.05, 0.1) is 0 Å². The Labute approximate surface area is 96.0 Å². The van der Waals surface area contributed by atoms with Gasteiger partial charge >= 0.3 is 0 Å². The van der Waals surface area contributed by atoms with E-state index in [0.717, 1.165) is 17.8 Å². The zero-order valence-corrected chi connectivity index (χ0v) is 10.9. The number of nitrogens with one attached hydrogen (secondary N) is 1. The van der Waals surface area contributed by atoms with Gasteiger partial charge in [0.2, 0.25) is 0 Å². The second kappa shape index (κ2) is 7.27. The topological polar surface area (TPSA) is 12.0 Å². The van der Waals surface area contributed by atoms with E-state index in [2.05, 4.69) is 26.2 Å². The molecule has 0 radical (unpaired) electrons. The van der Waals surface area contributed by atoms with Crippen LogP contribution in [-0.2, 0) is 0 Å². The molecule has 0 aromatic heterocycles. The number of rotatable bonds is 6. The third kappa shape index (κ3) is 5.01. The normalized spacial score (nSPS) is 27.2. The fourth-order valence-electron chi connectivity index (χ4n) is 2.98. The third-order valence-corrected chi connectivity index (χ3v) is 3.89. The van der Waals surface area contributed by atoms with E-state index in [1.807, 2.05) is 0 Å². The van der Waals surface area contributed by atoms with Crippen LogP contribution >= 0.6 is 0 Å². The Bertz CT molecular complexity index is 151. The molecule has 1 aliphatic carbocycles. The van der Waals surface area contributed by atoms with Crippen molar-refractivity contribution in [1.29, 1.82) is 0 Å². The van der Waals surface area contributed by atoms with E-state index in [4.69, 9.17) is 0 Å². The Balaban J connectivity index is 2.23. The summed E-state index contributed by atoms with van der Waals surface area (Å²) in [5, 5.41) is 3.37. The van der Waals surface area contributed by atoms with Crippen LogP contribution < -0.4 is 5.32 Å². The smallest absolute Gasteiger partial charge is 0.00209 e. The van der Waals surface area contributed by atoms with E-state index in [9.17, 15) is 0 Å². The number of hydrogen-bond donors (Lipinski definition) is 1. The molecular formula is C14H29N. The maximum atomic E-state index is 3.37. The van der Waals surface area contributed by atoms with E-state index in [1.165, 1.54) is 51.5 Å². The van der Waals surface area contributed by atoms with Gasteiger partial charge in [0.15, 0.2) is 0 Å². The van der Waals surface area contributed by atoms with Crippen LogP contribution in [0.15, 0.2) is 0 Å². The highest BCUT2D eigenvalue weighted by Gasteiger charge is 2.23. The van der Waals surface area contributed by atoms with Gasteiger partial charge < -0.3 is 5.32 Å². The van der Waals surface area contributed by atoms with Gasteiger partial charge in [-0.15, -0.1) is 0 Å². The van der Waals surface area contributed by atoms with Crippen molar-refractivity contribution in [2.45, 2.75) is 58.8 Å². The average Bonchev–Trinajstić information content (AvgIpc) is 2.20. The minimum Gasteiger partial charge on any atom is -0.319 e. The molecule has 1 N–H and O–H groups in total. The molecule has 0 aromatic rings. The highest BCUT2D eigenvalue weighted by atomic mass is 14.8. The lowest BCUT2D eigenvalue weighted by molar-refractivity contribution is 0.214. The quantitative estimate of drug-likeness (QED) is 0.704. The standard InChI is InChI=1S/C14H29N/c1-12(2)7-6-10-13-8-4-5-9-14(13)11-15-3/h12-15H,4-11H2,1-3H3. The van der Waals surface area contributed by atoms with Crippen molar-refractivity contribution in [2.24, 2.45) is 17.8 Å². The monoisotopic (exact) mass is 211 g/mol. The van der Waals surface area contributed by atoms with Gasteiger partial charge in [-0.25, -0.2) is 0 Å². The highest BCUT2D eigenvalue weighted by molar-refractivity contribution is 4.76. The minimum absolute atomic E-state index is 0.886. The first-order valence-corrected chi connectivity index (χ1v) is 6.88. The third-order valence-electron chi connectivity index (χ3n) is 3.89. The Morgan fingerprint density at radius 1 is 1.13 bits per heavy atom. The molecule has 0 heterocycles. The molecule has 1 saturated carbocycles. The maximum absolute atomic E-state index is 3.37. The lowest BCUT2D eigenvalue weighted by atomic mass is 9.76. The van der Waals surface area contributed by atoms with Crippen molar-refractivity contribution in [3.63, 3.8) is 0 Å². The Morgan fingerprint density at radius 3 is 2.40 bits per heavy atom. The lowest BCUT2D eigenvalue weighted by Gasteiger charge is -2.31. The molecule has 1 rings (SSSR count). The molecule has 0 amide bonds. The van der Waals surface area contributed by atoms with Gasteiger partial charge in [-0.1, -0.05) is 52.4 Å². The summed E-state index contributed by atoms with van der Waals surface area (Å²) in [6.45, 7) is 5.92. The summed E-state index contributed by atoms with van der Waals surface area (Å²) in [6.07, 6.45) is 10.2. The lowest BCUT2D eigenvalue weighted by Crippen LogP contribution is -2.28. The molecule has 0 aromatic carbocycles. The van der Waals surface area contributed by atoms with E-state index < -0.39 is 0 Å². The summed E-state index contributed by atoms with van der Waals surface area (Å²) in [5.41, 5.74) is 0. The molecule has 2 unspecified atom stereocenters. The molecule has 0 bridgehead atoms. The zero-order chi connectivity index (χ0) is 11.1. The average molecular weight is 211 g/mol. The predicted molar refractivity (Wildman–Crippen MR) is 68.1 cm³/mol. The van der Waals surface area contributed by atoms with E-state index in [1.54, 1.807) is 0 Å². The molecule has 15 heavy (non-hydrogen) atoms. The van der Waals surface area contributed by atoms with E-state index in [0.29, 0.717) is 0 Å². The van der Waals surface area contributed by atoms with Crippen LogP contribution in [-0.4, -0.2) is 13.6 Å². The summed E-state index contributed by atoms with van der Waals surface area (Å²) in [7, 11) is 2.10. The highest BCUT2D eigenvalue weighted by Crippen LogP contribution is 2.33. The van der Waals surface area contributed by atoms with Gasteiger partial charge in [-0.05, 0) is 37.8 Å². The van der Waals surface area contributed by atoms with Gasteiger partial charge in [0.25, 0.3) is 0 Å². The van der Waals surface area contributed by atoms with Crippen LogP contribution in [0.4, 0.5) is 0 Å². The van der Waals surface area contributed by atoms with Crippen molar-refractivity contribution in [2.75, 3.05) is 13.6 Å². The van der Waals surface area contributed by atoms with Crippen LogP contribution in [0.5, 0.6) is 0 Å². The molecule has 0 aliphatic heterocycles. The van der Waals surface area contributed by atoms with Gasteiger partial charge in [0, 0.05) is 0 Å². The molecular weight excluding hydrogens is 182 g/mol. The summed E-state index contributed by atoms with van der Waals surface area (Å²) >= 11 is 0. The molecule has 0 saturated heterocycles. The molecule has 2 atom stereocenters. The first kappa shape index (κ1) is 13.0. The Morgan fingerprint density at radius 2 is 1.80 bits per heavy atom. The van der Waals surface area contributed by atoms with Crippen molar-refractivity contribution >= 4 is 0 Å². The second-order valence-corrected chi connectivity index (χ2v) is 5.69. The Hall–Kier alpha value is -0.0400. The first-order chi connectivity index (χ1) is 7.24. The largest absolute Gasteiger partial charge is 0.319 e. The first-order valence-electron chi connectivity index (χ1n) is 6.88. The van der Waals surface area contributed by atoms with Crippen molar-refractivity contribution in [3.8, 4) is 0 Å². The molecule has 90 valence electrons. The molecule has 1 aliphatic rings. The fourth-order valence-corrected chi connectivity index (χ4v) is 2.98. The summed E-state index contributed by atoms with van der Waals surface area (Å²) in [6, 6.07) is 0. The van der Waals surface area contributed by atoms with Crippen LogP contribution in [0.2, 0.25) is 0 Å². The SMILES string of the molecule is CNCC1CCCCC1CCCC(C)C. The maximum Gasteiger partial charge on any atom is -0.00209 e. The summed E-state index contributed by atoms with van der Waals surface area (Å²) in [4.78, 5) is 0. The molecule has 1 fully saturated rings. The van der Waals surface area contributed by atoms with Gasteiger partial charge in [0.1, 0.15) is 0 Å².